The van der Waals surface area contributed by atoms with Crippen LogP contribution in [0.5, 0.6) is 0 Å². The summed E-state index contributed by atoms with van der Waals surface area (Å²) in [4.78, 5) is 37.8. The zero-order valence-corrected chi connectivity index (χ0v) is 15.1. The number of carboxylic acid groups (broad SMARTS) is 1. The van der Waals surface area contributed by atoms with Gasteiger partial charge in [-0.25, -0.2) is 0 Å². The first kappa shape index (κ1) is 17.7. The quantitative estimate of drug-likeness (QED) is 0.746. The van der Waals surface area contributed by atoms with Crippen LogP contribution < -0.4 is 0 Å². The topological polar surface area (TPSA) is 74.7 Å². The fraction of sp³-hybridized carbons (Fsp3) is 0.312. The lowest BCUT2D eigenvalue weighted by Crippen LogP contribution is -2.31. The molecule has 0 saturated carbocycles. The molecule has 2 rings (SSSR count). The van der Waals surface area contributed by atoms with Crippen molar-refractivity contribution in [3.63, 3.8) is 0 Å². The molecule has 0 unspecified atom stereocenters. The van der Waals surface area contributed by atoms with Gasteiger partial charge in [0.05, 0.1) is 6.42 Å². The SMILES string of the molecule is CCS[C@@H]1C(C(=O)c2ccc(Br)cc2)=C(CC(=O)O)C(=O)N1C. The van der Waals surface area contributed by atoms with Crippen LogP contribution in [0, 0.1) is 0 Å². The summed E-state index contributed by atoms with van der Waals surface area (Å²) >= 11 is 4.75. The average molecular weight is 398 g/mol. The van der Waals surface area contributed by atoms with Crippen LogP contribution in [0.25, 0.3) is 0 Å². The highest BCUT2D eigenvalue weighted by Gasteiger charge is 2.41. The second kappa shape index (κ2) is 7.31. The van der Waals surface area contributed by atoms with Crippen molar-refractivity contribution < 1.29 is 19.5 Å². The fourth-order valence-corrected chi connectivity index (χ4v) is 3.77. The van der Waals surface area contributed by atoms with E-state index in [1.165, 1.54) is 16.7 Å². The van der Waals surface area contributed by atoms with E-state index in [1.54, 1.807) is 31.3 Å². The molecular weight excluding hydrogens is 382 g/mol. The molecule has 1 N–H and O–H groups in total. The number of carbonyl (C=O) groups excluding carboxylic acids is 2. The van der Waals surface area contributed by atoms with Crippen LogP contribution in [0.1, 0.15) is 23.7 Å². The van der Waals surface area contributed by atoms with Gasteiger partial charge in [-0.05, 0) is 30.0 Å². The summed E-state index contributed by atoms with van der Waals surface area (Å²) in [5.74, 6) is -1.10. The summed E-state index contributed by atoms with van der Waals surface area (Å²) in [6.07, 6.45) is -0.443. The number of aliphatic carboxylic acids is 1. The molecule has 1 amide bonds. The number of likely N-dealkylation sites (N-methyl/N-ethyl adjacent to an activating group) is 1. The monoisotopic (exact) mass is 397 g/mol. The van der Waals surface area contributed by atoms with Crippen molar-refractivity contribution in [2.24, 2.45) is 0 Å². The molecule has 1 heterocycles. The van der Waals surface area contributed by atoms with E-state index in [-0.39, 0.29) is 22.8 Å². The number of amides is 1. The van der Waals surface area contributed by atoms with E-state index in [1.807, 2.05) is 6.92 Å². The van der Waals surface area contributed by atoms with Crippen LogP contribution in [0.4, 0.5) is 0 Å². The zero-order chi connectivity index (χ0) is 17.1. The number of ketones is 1. The van der Waals surface area contributed by atoms with Crippen molar-refractivity contribution in [3.8, 4) is 0 Å². The van der Waals surface area contributed by atoms with Gasteiger partial charge in [-0.1, -0.05) is 22.9 Å². The van der Waals surface area contributed by atoms with Crippen LogP contribution in [0.2, 0.25) is 0 Å². The highest BCUT2D eigenvalue weighted by atomic mass is 79.9. The lowest BCUT2D eigenvalue weighted by atomic mass is 9.98. The van der Waals surface area contributed by atoms with Gasteiger partial charge in [-0.3, -0.25) is 14.4 Å². The molecule has 1 atom stereocenters. The van der Waals surface area contributed by atoms with Crippen LogP contribution in [0.15, 0.2) is 39.9 Å². The summed E-state index contributed by atoms with van der Waals surface area (Å²) < 4.78 is 0.841. The Bertz CT molecular complexity index is 684. The first-order valence-electron chi connectivity index (χ1n) is 7.00. The molecule has 0 spiro atoms. The highest BCUT2D eigenvalue weighted by Crippen LogP contribution is 2.36. The maximum atomic E-state index is 12.9. The molecule has 0 aliphatic carbocycles. The minimum absolute atomic E-state index is 0.0823. The molecule has 122 valence electrons. The van der Waals surface area contributed by atoms with E-state index < -0.39 is 17.8 Å². The lowest BCUT2D eigenvalue weighted by molar-refractivity contribution is -0.137. The third kappa shape index (κ3) is 3.67. The predicted octanol–water partition coefficient (Wildman–Crippen LogP) is 2.95. The predicted molar refractivity (Wildman–Crippen MR) is 92.4 cm³/mol. The Balaban J connectivity index is 2.51. The largest absolute Gasteiger partial charge is 0.481 e. The van der Waals surface area contributed by atoms with Gasteiger partial charge in [-0.15, -0.1) is 11.8 Å². The van der Waals surface area contributed by atoms with Gasteiger partial charge >= 0.3 is 5.97 Å². The van der Waals surface area contributed by atoms with Gasteiger partial charge in [0.25, 0.3) is 5.91 Å². The number of Topliss-reactive ketones (excluding diaryl/α,β-unsaturated/α-hetero) is 1. The minimum Gasteiger partial charge on any atom is -0.481 e. The summed E-state index contributed by atoms with van der Waals surface area (Å²) in [5, 5.41) is 8.63. The van der Waals surface area contributed by atoms with E-state index in [2.05, 4.69) is 15.9 Å². The maximum absolute atomic E-state index is 12.9. The summed E-state index contributed by atoms with van der Waals surface area (Å²) in [6.45, 7) is 1.93. The Kier molecular flexibility index (Phi) is 5.64. The van der Waals surface area contributed by atoms with Crippen LogP contribution in [-0.4, -0.2) is 45.8 Å². The first-order chi connectivity index (χ1) is 10.9. The Labute approximate surface area is 146 Å². The molecule has 0 aromatic heterocycles. The zero-order valence-electron chi connectivity index (χ0n) is 12.7. The normalized spacial score (nSPS) is 17.8. The molecule has 1 aliphatic heterocycles. The smallest absolute Gasteiger partial charge is 0.308 e. The number of hydrogen-bond donors (Lipinski definition) is 1. The van der Waals surface area contributed by atoms with Crippen molar-refractivity contribution in [2.75, 3.05) is 12.8 Å². The van der Waals surface area contributed by atoms with Crippen molar-refractivity contribution in [1.29, 1.82) is 0 Å². The number of carboxylic acids is 1. The van der Waals surface area contributed by atoms with Gasteiger partial charge in [-0.2, -0.15) is 0 Å². The van der Waals surface area contributed by atoms with Gasteiger partial charge < -0.3 is 10.0 Å². The highest BCUT2D eigenvalue weighted by molar-refractivity contribution is 9.10. The summed E-state index contributed by atoms with van der Waals surface area (Å²) in [5.41, 5.74) is 0.809. The van der Waals surface area contributed by atoms with Crippen LogP contribution >= 0.6 is 27.7 Å². The number of carbonyl (C=O) groups is 3. The van der Waals surface area contributed by atoms with E-state index in [0.717, 1.165) is 4.47 Å². The molecule has 0 radical (unpaired) electrons. The molecular formula is C16H16BrNO4S. The van der Waals surface area contributed by atoms with E-state index in [0.29, 0.717) is 11.3 Å². The molecule has 1 aliphatic rings. The Morgan fingerprint density at radius 2 is 1.91 bits per heavy atom. The summed E-state index contributed by atoms with van der Waals surface area (Å²) in [7, 11) is 1.60. The molecule has 5 nitrogen and oxygen atoms in total. The van der Waals surface area contributed by atoms with E-state index >= 15 is 0 Å². The number of thioether (sulfide) groups is 1. The minimum atomic E-state index is -1.12. The molecule has 0 fully saturated rings. The third-order valence-corrected chi connectivity index (χ3v) is 5.24. The second-order valence-electron chi connectivity index (χ2n) is 5.02. The number of halogens is 1. The first-order valence-corrected chi connectivity index (χ1v) is 8.84. The molecule has 1 aromatic carbocycles. The molecule has 7 heteroatoms. The van der Waals surface area contributed by atoms with E-state index in [4.69, 9.17) is 5.11 Å². The molecule has 0 bridgehead atoms. The fourth-order valence-electron chi connectivity index (χ4n) is 2.46. The van der Waals surface area contributed by atoms with Crippen LogP contribution in [0.3, 0.4) is 0 Å². The third-order valence-electron chi connectivity index (χ3n) is 3.51. The van der Waals surface area contributed by atoms with E-state index in [9.17, 15) is 14.4 Å². The number of hydrogen-bond acceptors (Lipinski definition) is 4. The van der Waals surface area contributed by atoms with Gasteiger partial charge in [0.2, 0.25) is 0 Å². The van der Waals surface area contributed by atoms with Crippen molar-refractivity contribution in [3.05, 3.63) is 45.4 Å². The van der Waals surface area contributed by atoms with Gasteiger partial charge in [0.15, 0.2) is 5.78 Å². The average Bonchev–Trinajstić information content (AvgIpc) is 2.72. The summed E-state index contributed by atoms with van der Waals surface area (Å²) in [6, 6.07) is 6.81. The number of rotatable bonds is 6. The Morgan fingerprint density at radius 1 is 1.30 bits per heavy atom. The molecule has 23 heavy (non-hydrogen) atoms. The van der Waals surface area contributed by atoms with Crippen LogP contribution in [-0.2, 0) is 9.59 Å². The number of benzene rings is 1. The second-order valence-corrected chi connectivity index (χ2v) is 7.30. The van der Waals surface area contributed by atoms with Crippen molar-refractivity contribution in [2.45, 2.75) is 18.7 Å². The maximum Gasteiger partial charge on any atom is 0.308 e. The number of nitrogens with zero attached hydrogens (tertiary/aromatic N) is 1. The van der Waals surface area contributed by atoms with Gasteiger partial charge in [0.1, 0.15) is 5.37 Å². The lowest BCUT2D eigenvalue weighted by Gasteiger charge is -2.21. The standard InChI is InChI=1S/C16H16BrNO4S/c1-3-23-16-13(11(8-12(19)20)15(22)18(16)2)14(21)9-4-6-10(17)7-5-9/h4-7,16H,3,8H2,1-2H3,(H,19,20)/t16-/m1/s1. The van der Waals surface area contributed by atoms with Gasteiger partial charge in [0, 0.05) is 28.2 Å². The Morgan fingerprint density at radius 3 is 2.43 bits per heavy atom. The van der Waals surface area contributed by atoms with Crippen molar-refractivity contribution >= 4 is 45.4 Å². The Hall–Kier alpha value is -1.60. The van der Waals surface area contributed by atoms with Crippen molar-refractivity contribution in [1.82, 2.24) is 4.90 Å². The molecule has 1 aromatic rings. The molecule has 0 saturated heterocycles.